The first-order valence-electron chi connectivity index (χ1n) is 7.26. The summed E-state index contributed by atoms with van der Waals surface area (Å²) in [6.07, 6.45) is 9.60. The molecule has 0 saturated carbocycles. The Morgan fingerprint density at radius 3 is 1.56 bits per heavy atom. The molecule has 2 N–H and O–H groups in total. The molecule has 1 nitrogen and oxygen atoms in total. The van der Waals surface area contributed by atoms with Crippen LogP contribution in [0.3, 0.4) is 0 Å². The van der Waals surface area contributed by atoms with E-state index in [9.17, 15) is 0 Å². The lowest BCUT2D eigenvalue weighted by Crippen LogP contribution is -2.06. The fourth-order valence-corrected chi connectivity index (χ4v) is 2.26. The summed E-state index contributed by atoms with van der Waals surface area (Å²) in [5.41, 5.74) is 5.55. The highest BCUT2D eigenvalue weighted by Crippen LogP contribution is 2.19. The maximum absolute atomic E-state index is 5.55. The van der Waals surface area contributed by atoms with Crippen molar-refractivity contribution in [1.29, 1.82) is 0 Å². The number of hydrogen-bond donors (Lipinski definition) is 1. The van der Waals surface area contributed by atoms with Gasteiger partial charge in [-0.3, -0.25) is 0 Å². The number of hydrogen-bond acceptors (Lipinski definition) is 1. The predicted molar refractivity (Wildman–Crippen MR) is 74.5 cm³/mol. The molecule has 2 atom stereocenters. The van der Waals surface area contributed by atoms with Crippen molar-refractivity contribution in [3.05, 3.63) is 0 Å². The topological polar surface area (TPSA) is 26.0 Å². The van der Waals surface area contributed by atoms with Gasteiger partial charge in [-0.05, 0) is 30.7 Å². The standard InChI is InChI=1S/C15H33N/c1-13(2)7-5-8-14(3)9-6-10-15(4)11-12-16/h13-15H,5-12,16H2,1-4H3/t14-,15-/m1/s1. The molecule has 0 aromatic heterocycles. The lowest BCUT2D eigenvalue weighted by atomic mass is 9.93. The molecule has 0 unspecified atom stereocenters. The Bertz CT molecular complexity index is 142. The van der Waals surface area contributed by atoms with E-state index in [2.05, 4.69) is 27.7 Å². The van der Waals surface area contributed by atoms with Crippen molar-refractivity contribution in [3.63, 3.8) is 0 Å². The first-order valence-corrected chi connectivity index (χ1v) is 7.26. The number of rotatable bonds is 10. The van der Waals surface area contributed by atoms with Gasteiger partial charge < -0.3 is 5.73 Å². The minimum atomic E-state index is 0.827. The molecule has 0 spiro atoms. The average molecular weight is 227 g/mol. The van der Waals surface area contributed by atoms with E-state index in [1.807, 2.05) is 0 Å². The van der Waals surface area contributed by atoms with Crippen molar-refractivity contribution in [1.82, 2.24) is 0 Å². The molecular weight excluding hydrogens is 194 g/mol. The van der Waals surface area contributed by atoms with E-state index >= 15 is 0 Å². The normalized spacial score (nSPS) is 15.4. The Balaban J connectivity index is 3.32. The van der Waals surface area contributed by atoms with Crippen LogP contribution < -0.4 is 5.73 Å². The lowest BCUT2D eigenvalue weighted by Gasteiger charge is -2.14. The highest BCUT2D eigenvalue weighted by Gasteiger charge is 2.05. The maximum Gasteiger partial charge on any atom is -0.00747 e. The molecule has 0 aliphatic heterocycles. The molecule has 0 radical (unpaired) electrons. The summed E-state index contributed by atoms with van der Waals surface area (Å²) in [5, 5.41) is 0. The molecule has 0 aliphatic rings. The van der Waals surface area contributed by atoms with Gasteiger partial charge in [-0.1, -0.05) is 66.2 Å². The van der Waals surface area contributed by atoms with Crippen molar-refractivity contribution < 1.29 is 0 Å². The van der Waals surface area contributed by atoms with Gasteiger partial charge in [0.05, 0.1) is 0 Å². The summed E-state index contributed by atoms with van der Waals surface area (Å²) in [5.74, 6) is 2.62. The Labute approximate surface area is 103 Å². The minimum Gasteiger partial charge on any atom is -0.330 e. The van der Waals surface area contributed by atoms with Crippen LogP contribution in [0.4, 0.5) is 0 Å². The number of nitrogens with two attached hydrogens (primary N) is 1. The Kier molecular flexibility index (Phi) is 10.1. The van der Waals surface area contributed by atoms with Crippen molar-refractivity contribution in [2.75, 3.05) is 6.54 Å². The average Bonchev–Trinajstić information content (AvgIpc) is 2.17. The third-order valence-corrected chi connectivity index (χ3v) is 3.53. The first kappa shape index (κ1) is 16.0. The van der Waals surface area contributed by atoms with Crippen LogP contribution in [0.5, 0.6) is 0 Å². The van der Waals surface area contributed by atoms with E-state index in [-0.39, 0.29) is 0 Å². The second-order valence-electron chi connectivity index (χ2n) is 6.04. The van der Waals surface area contributed by atoms with E-state index in [0.717, 1.165) is 24.3 Å². The van der Waals surface area contributed by atoms with Crippen molar-refractivity contribution >= 4 is 0 Å². The Morgan fingerprint density at radius 1 is 0.688 bits per heavy atom. The largest absolute Gasteiger partial charge is 0.330 e. The summed E-state index contributed by atoms with van der Waals surface area (Å²) in [6.45, 7) is 10.2. The van der Waals surface area contributed by atoms with Crippen LogP contribution in [0.2, 0.25) is 0 Å². The smallest absolute Gasteiger partial charge is 0.00747 e. The molecule has 0 aromatic carbocycles. The minimum absolute atomic E-state index is 0.827. The van der Waals surface area contributed by atoms with Crippen LogP contribution in [0.15, 0.2) is 0 Å². The Hall–Kier alpha value is -0.0400. The van der Waals surface area contributed by atoms with Gasteiger partial charge in [0.2, 0.25) is 0 Å². The van der Waals surface area contributed by atoms with Gasteiger partial charge in [-0.15, -0.1) is 0 Å². The van der Waals surface area contributed by atoms with Crippen LogP contribution >= 0.6 is 0 Å². The van der Waals surface area contributed by atoms with Crippen LogP contribution in [0, 0.1) is 17.8 Å². The molecule has 0 rings (SSSR count). The molecule has 0 amide bonds. The van der Waals surface area contributed by atoms with Crippen LogP contribution in [0.25, 0.3) is 0 Å². The van der Waals surface area contributed by atoms with E-state index in [4.69, 9.17) is 5.73 Å². The van der Waals surface area contributed by atoms with E-state index in [1.165, 1.54) is 44.9 Å². The molecule has 16 heavy (non-hydrogen) atoms. The van der Waals surface area contributed by atoms with Gasteiger partial charge in [-0.2, -0.15) is 0 Å². The van der Waals surface area contributed by atoms with Crippen molar-refractivity contribution in [2.45, 2.75) is 72.6 Å². The van der Waals surface area contributed by atoms with Crippen LogP contribution in [-0.2, 0) is 0 Å². The van der Waals surface area contributed by atoms with Crippen molar-refractivity contribution in [2.24, 2.45) is 23.5 Å². The maximum atomic E-state index is 5.55. The summed E-state index contributed by atoms with van der Waals surface area (Å²) in [4.78, 5) is 0. The summed E-state index contributed by atoms with van der Waals surface area (Å²) >= 11 is 0. The van der Waals surface area contributed by atoms with Gasteiger partial charge in [-0.25, -0.2) is 0 Å². The third kappa shape index (κ3) is 10.5. The quantitative estimate of drug-likeness (QED) is 0.580. The van der Waals surface area contributed by atoms with Crippen molar-refractivity contribution in [3.8, 4) is 0 Å². The zero-order chi connectivity index (χ0) is 12.4. The highest BCUT2D eigenvalue weighted by molar-refractivity contribution is 4.59. The summed E-state index contributed by atoms with van der Waals surface area (Å²) in [6, 6.07) is 0. The van der Waals surface area contributed by atoms with Gasteiger partial charge in [0.25, 0.3) is 0 Å². The van der Waals surface area contributed by atoms with Gasteiger partial charge in [0.15, 0.2) is 0 Å². The summed E-state index contributed by atoms with van der Waals surface area (Å²) in [7, 11) is 0. The van der Waals surface area contributed by atoms with Crippen LogP contribution in [0.1, 0.15) is 72.6 Å². The Morgan fingerprint density at radius 2 is 1.12 bits per heavy atom. The molecule has 0 aromatic rings. The SMILES string of the molecule is CC(C)CCC[C@@H](C)CCC[C@@H](C)CCN. The van der Waals surface area contributed by atoms with Gasteiger partial charge >= 0.3 is 0 Å². The zero-order valence-corrected chi connectivity index (χ0v) is 12.0. The molecule has 0 saturated heterocycles. The molecule has 98 valence electrons. The lowest BCUT2D eigenvalue weighted by molar-refractivity contribution is 0.394. The van der Waals surface area contributed by atoms with Gasteiger partial charge in [0, 0.05) is 0 Å². The van der Waals surface area contributed by atoms with E-state index < -0.39 is 0 Å². The molecule has 0 fully saturated rings. The fourth-order valence-electron chi connectivity index (χ4n) is 2.26. The highest BCUT2D eigenvalue weighted by atomic mass is 14.5. The fraction of sp³-hybridized carbons (Fsp3) is 1.00. The van der Waals surface area contributed by atoms with E-state index in [1.54, 1.807) is 0 Å². The second kappa shape index (κ2) is 10.1. The molecule has 1 heteroatoms. The molecule has 0 aliphatic carbocycles. The summed E-state index contributed by atoms with van der Waals surface area (Å²) < 4.78 is 0. The van der Waals surface area contributed by atoms with Crippen LogP contribution in [-0.4, -0.2) is 6.54 Å². The zero-order valence-electron chi connectivity index (χ0n) is 12.0. The van der Waals surface area contributed by atoms with Gasteiger partial charge in [0.1, 0.15) is 0 Å². The van der Waals surface area contributed by atoms with E-state index in [0.29, 0.717) is 0 Å². The first-order chi connectivity index (χ1) is 7.56. The molecule has 0 bridgehead atoms. The monoisotopic (exact) mass is 227 g/mol. The molecular formula is C15H33N. The second-order valence-corrected chi connectivity index (χ2v) is 6.04. The third-order valence-electron chi connectivity index (χ3n) is 3.53. The molecule has 0 heterocycles. The predicted octanol–water partition coefficient (Wildman–Crippen LogP) is 4.60.